The van der Waals surface area contributed by atoms with E-state index in [-0.39, 0.29) is 11.0 Å². The van der Waals surface area contributed by atoms with Crippen molar-refractivity contribution in [2.45, 2.75) is 63.4 Å². The van der Waals surface area contributed by atoms with E-state index < -0.39 is 5.97 Å². The third-order valence-electron chi connectivity index (χ3n) is 4.56. The Morgan fingerprint density at radius 2 is 2.00 bits per heavy atom. The molecule has 0 spiro atoms. The number of hydrogen-bond acceptors (Lipinski definition) is 5. The average Bonchev–Trinajstić information content (AvgIpc) is 3.19. The fourth-order valence-electron chi connectivity index (χ4n) is 3.44. The molecule has 3 rings (SSSR count). The van der Waals surface area contributed by atoms with E-state index in [1.54, 1.807) is 18.0 Å². The van der Waals surface area contributed by atoms with Crippen LogP contribution in [-0.2, 0) is 5.41 Å². The van der Waals surface area contributed by atoms with E-state index in [1.165, 1.54) is 6.20 Å². The molecule has 2 aromatic rings. The number of nitrogens with zero attached hydrogens (tertiary/aromatic N) is 3. The Balaban J connectivity index is 0.00000117. The van der Waals surface area contributed by atoms with Crippen LogP contribution in [0, 0.1) is 0 Å². The summed E-state index contributed by atoms with van der Waals surface area (Å²) >= 11 is 1.58. The van der Waals surface area contributed by atoms with Gasteiger partial charge in [-0.15, -0.1) is 0 Å². The molecular weight excluding hydrogens is 346 g/mol. The second kappa shape index (κ2) is 9.67. The molecule has 1 N–H and O–H groups in total. The van der Waals surface area contributed by atoms with Crippen molar-refractivity contribution >= 4 is 17.7 Å². The minimum absolute atomic E-state index is 0.210. The van der Waals surface area contributed by atoms with Gasteiger partial charge in [0.2, 0.25) is 0 Å². The number of aromatic carboxylic acids is 1. The molecule has 0 aliphatic heterocycles. The number of carboxylic acid groups (broad SMARTS) is 1. The Morgan fingerprint density at radius 3 is 2.58 bits per heavy atom. The van der Waals surface area contributed by atoms with Crippen LogP contribution in [0.25, 0.3) is 0 Å². The lowest BCUT2D eigenvalue weighted by molar-refractivity contribution is 0.0692. The van der Waals surface area contributed by atoms with Crippen LogP contribution in [0.2, 0.25) is 0 Å². The molecule has 1 aliphatic rings. The maximum atomic E-state index is 11.8. The van der Waals surface area contributed by atoms with Gasteiger partial charge in [-0.25, -0.2) is 14.8 Å². The van der Waals surface area contributed by atoms with Gasteiger partial charge in [0.05, 0.1) is 5.69 Å². The Labute approximate surface area is 159 Å². The van der Waals surface area contributed by atoms with Crippen LogP contribution in [0.15, 0.2) is 35.9 Å². The van der Waals surface area contributed by atoms with Crippen molar-refractivity contribution in [2.75, 3.05) is 5.75 Å². The van der Waals surface area contributed by atoms with E-state index in [4.69, 9.17) is 4.98 Å². The van der Waals surface area contributed by atoms with E-state index in [1.807, 2.05) is 32.2 Å². The molecule has 0 bridgehead atoms. The van der Waals surface area contributed by atoms with Crippen LogP contribution in [0.1, 0.15) is 74.5 Å². The van der Waals surface area contributed by atoms with Gasteiger partial charge in [-0.1, -0.05) is 51.4 Å². The van der Waals surface area contributed by atoms with Crippen molar-refractivity contribution in [1.29, 1.82) is 0 Å². The first-order valence-electron chi connectivity index (χ1n) is 9.31. The standard InChI is InChI=1S/C18H21N3O2S.C2H6/c1-2-10-24-17-20-12-14(16(22)23)15(21-17)18(7-3-4-8-18)13-6-5-9-19-11-13;1-2/h5-6,9,11-12H,2-4,7-8,10H2,1H3,(H,22,23);1-2H3. The van der Waals surface area contributed by atoms with E-state index in [9.17, 15) is 9.90 Å². The van der Waals surface area contributed by atoms with Gasteiger partial charge in [-0.05, 0) is 30.9 Å². The summed E-state index contributed by atoms with van der Waals surface area (Å²) in [4.78, 5) is 25.0. The molecule has 26 heavy (non-hydrogen) atoms. The number of carbonyl (C=O) groups is 1. The van der Waals surface area contributed by atoms with Crippen LogP contribution >= 0.6 is 11.8 Å². The molecular formula is C20H27N3O2S. The summed E-state index contributed by atoms with van der Waals surface area (Å²) in [5.41, 5.74) is 1.54. The fraction of sp³-hybridized carbons (Fsp3) is 0.500. The van der Waals surface area contributed by atoms with Gasteiger partial charge in [0.1, 0.15) is 5.56 Å². The Hall–Kier alpha value is -1.95. The first-order valence-corrected chi connectivity index (χ1v) is 10.3. The number of carboxylic acids is 1. The number of aromatic nitrogens is 3. The first kappa shape index (κ1) is 20.4. The number of hydrogen-bond donors (Lipinski definition) is 1. The van der Waals surface area contributed by atoms with Crippen molar-refractivity contribution in [1.82, 2.24) is 15.0 Å². The largest absolute Gasteiger partial charge is 0.478 e. The molecule has 0 aromatic carbocycles. The van der Waals surface area contributed by atoms with E-state index in [2.05, 4.69) is 16.9 Å². The zero-order valence-electron chi connectivity index (χ0n) is 15.7. The molecule has 1 fully saturated rings. The summed E-state index contributed by atoms with van der Waals surface area (Å²) in [6, 6.07) is 3.94. The number of thioether (sulfide) groups is 1. The number of rotatable bonds is 6. The second-order valence-corrected chi connectivity index (χ2v) is 7.16. The predicted molar refractivity (Wildman–Crippen MR) is 105 cm³/mol. The highest BCUT2D eigenvalue weighted by molar-refractivity contribution is 7.99. The molecule has 0 amide bonds. The van der Waals surface area contributed by atoms with Crippen molar-refractivity contribution in [3.05, 3.63) is 47.5 Å². The molecule has 1 saturated carbocycles. The summed E-state index contributed by atoms with van der Waals surface area (Å²) in [5.74, 6) is -0.0432. The second-order valence-electron chi connectivity index (χ2n) is 6.10. The molecule has 0 unspecified atom stereocenters. The van der Waals surface area contributed by atoms with Crippen molar-refractivity contribution in [3.8, 4) is 0 Å². The van der Waals surface area contributed by atoms with Crippen LogP contribution in [0.4, 0.5) is 0 Å². The van der Waals surface area contributed by atoms with Gasteiger partial charge >= 0.3 is 5.97 Å². The van der Waals surface area contributed by atoms with E-state index >= 15 is 0 Å². The van der Waals surface area contributed by atoms with Gasteiger partial charge in [0.15, 0.2) is 5.16 Å². The molecule has 0 radical (unpaired) electrons. The average molecular weight is 374 g/mol. The molecule has 2 heterocycles. The van der Waals surface area contributed by atoms with Crippen molar-refractivity contribution < 1.29 is 9.90 Å². The summed E-state index contributed by atoms with van der Waals surface area (Å²) in [6.45, 7) is 6.10. The van der Waals surface area contributed by atoms with Gasteiger partial charge < -0.3 is 5.11 Å². The smallest absolute Gasteiger partial charge is 0.339 e. The maximum Gasteiger partial charge on any atom is 0.339 e. The van der Waals surface area contributed by atoms with Crippen LogP contribution in [-0.4, -0.2) is 31.8 Å². The maximum absolute atomic E-state index is 11.8. The number of pyridine rings is 1. The molecule has 1 aliphatic carbocycles. The van der Waals surface area contributed by atoms with Crippen LogP contribution in [0.3, 0.4) is 0 Å². The van der Waals surface area contributed by atoms with Gasteiger partial charge in [0.25, 0.3) is 0 Å². The summed E-state index contributed by atoms with van der Waals surface area (Å²) in [6.07, 6.45) is 10.0. The highest BCUT2D eigenvalue weighted by Gasteiger charge is 2.42. The van der Waals surface area contributed by atoms with Gasteiger partial charge in [-0.3, -0.25) is 4.98 Å². The minimum atomic E-state index is -0.966. The van der Waals surface area contributed by atoms with Gasteiger partial charge in [-0.2, -0.15) is 0 Å². The van der Waals surface area contributed by atoms with E-state index in [0.29, 0.717) is 10.9 Å². The molecule has 140 valence electrons. The zero-order valence-corrected chi connectivity index (χ0v) is 16.6. The first-order chi connectivity index (χ1) is 12.7. The predicted octanol–water partition coefficient (Wildman–Crippen LogP) is 4.96. The highest BCUT2D eigenvalue weighted by Crippen LogP contribution is 2.46. The quantitative estimate of drug-likeness (QED) is 0.570. The Bertz CT molecular complexity index is 716. The monoisotopic (exact) mass is 373 g/mol. The van der Waals surface area contributed by atoms with Crippen molar-refractivity contribution in [2.24, 2.45) is 0 Å². The Morgan fingerprint density at radius 1 is 1.27 bits per heavy atom. The summed E-state index contributed by atoms with van der Waals surface area (Å²) in [7, 11) is 0. The highest BCUT2D eigenvalue weighted by atomic mass is 32.2. The third-order valence-corrected chi connectivity index (χ3v) is 5.62. The minimum Gasteiger partial charge on any atom is -0.478 e. The van der Waals surface area contributed by atoms with Crippen LogP contribution in [0.5, 0.6) is 0 Å². The SMILES string of the molecule is CC.CCCSc1ncc(C(=O)O)c(C2(c3cccnc3)CCCC2)n1. The molecule has 0 saturated heterocycles. The van der Waals surface area contributed by atoms with Crippen LogP contribution < -0.4 is 0 Å². The topological polar surface area (TPSA) is 76.0 Å². The zero-order chi connectivity index (χ0) is 19.0. The lowest BCUT2D eigenvalue weighted by atomic mass is 9.75. The molecule has 0 atom stereocenters. The normalized spacial score (nSPS) is 15.2. The molecule has 6 heteroatoms. The molecule has 5 nitrogen and oxygen atoms in total. The summed E-state index contributed by atoms with van der Waals surface area (Å²) < 4.78 is 0. The summed E-state index contributed by atoms with van der Waals surface area (Å²) in [5, 5.41) is 10.3. The van der Waals surface area contributed by atoms with E-state index in [0.717, 1.165) is 43.4 Å². The van der Waals surface area contributed by atoms with Crippen molar-refractivity contribution in [3.63, 3.8) is 0 Å². The lowest BCUT2D eigenvalue weighted by Crippen LogP contribution is -2.29. The lowest BCUT2D eigenvalue weighted by Gasteiger charge is -2.30. The Kier molecular flexibility index (Phi) is 7.57. The third kappa shape index (κ3) is 4.23. The molecule has 2 aromatic heterocycles. The van der Waals surface area contributed by atoms with Gasteiger partial charge in [0, 0.05) is 29.8 Å². The fourth-order valence-corrected chi connectivity index (χ4v) is 4.11.